The standard InChI is InChI=1S/C59H75N3O8/c1-5-12-47(53(66)34-46-31-45(35-62-46)36(2)17-23-51(64)37(3)63)44-29-40(27-39-25-26-61-55(60)30-39)28-42-19-22-48(41-15-10-7-11-16-41)56-43(20-24-52(65)59(69)58(68)50(42)32-44)33-54(70-4)57(67)49(56)21-18-38-13-8-6-9-14-38/h6-11,13-16,25,30-31,33,35-37,40,42,44,47-48,50-51,53,59,61-64,66-67,69H,5,12,17-18,20-21,23-24,26-29,32,34,60H2,1-4H3. The Balaban J connectivity index is 1.30. The molecule has 374 valence electrons. The molecule has 7 rings (SSSR count). The van der Waals surface area contributed by atoms with Crippen molar-refractivity contribution in [2.24, 2.45) is 35.3 Å². The summed E-state index contributed by atoms with van der Waals surface area (Å²) in [6.07, 6.45) is 8.40. The number of ether oxygens (including phenoxy) is 1. The van der Waals surface area contributed by atoms with E-state index in [9.17, 15) is 35.1 Å². The van der Waals surface area contributed by atoms with Crippen LogP contribution < -0.4 is 15.8 Å². The number of H-pyrrole nitrogens is 1. The maximum atomic E-state index is 15.0. The van der Waals surface area contributed by atoms with Crippen molar-refractivity contribution in [3.05, 3.63) is 142 Å². The summed E-state index contributed by atoms with van der Waals surface area (Å²) >= 11 is 0. The summed E-state index contributed by atoms with van der Waals surface area (Å²) in [6.45, 7) is 6.39. The number of dihydropyridines is 1. The molecule has 11 unspecified atom stereocenters. The van der Waals surface area contributed by atoms with Crippen molar-refractivity contribution in [2.45, 2.75) is 140 Å². The average molecular weight is 954 g/mol. The SMILES string of the molecule is CCCC(C(O)Cc1cc(C(C)CCC(O)C(C)O)c[nH]1)C1CC(CC2=CCNC(N)=C2)CC2C#CC(c3ccccc3)c3c(cc(OC)c(O)c3CCc3ccccc3)CCC(=O)C(O)C(=O)C2C1. The molecule has 11 heteroatoms. The second kappa shape index (κ2) is 24.5. The van der Waals surface area contributed by atoms with Gasteiger partial charge < -0.3 is 46.3 Å². The first-order chi connectivity index (χ1) is 33.7. The topological polar surface area (TPSA) is 198 Å². The first-order valence-corrected chi connectivity index (χ1v) is 25.6. The van der Waals surface area contributed by atoms with Crippen LogP contribution in [0.2, 0.25) is 0 Å². The van der Waals surface area contributed by atoms with E-state index in [2.05, 4.69) is 60.3 Å². The molecule has 9 N–H and O–H groups in total. The van der Waals surface area contributed by atoms with E-state index < -0.39 is 53.7 Å². The van der Waals surface area contributed by atoms with E-state index >= 15 is 0 Å². The van der Waals surface area contributed by atoms with Crippen LogP contribution in [0.15, 0.2) is 103 Å². The number of aliphatic hydroxyl groups is 4. The number of rotatable bonds is 18. The van der Waals surface area contributed by atoms with Crippen LogP contribution in [0.4, 0.5) is 0 Å². The molecular weight excluding hydrogens is 879 g/mol. The van der Waals surface area contributed by atoms with Crippen molar-refractivity contribution >= 4 is 11.6 Å². The summed E-state index contributed by atoms with van der Waals surface area (Å²) < 4.78 is 5.75. The summed E-state index contributed by atoms with van der Waals surface area (Å²) in [6, 6.07) is 23.9. The Morgan fingerprint density at radius 2 is 1.63 bits per heavy atom. The maximum absolute atomic E-state index is 15.0. The van der Waals surface area contributed by atoms with E-state index in [1.165, 1.54) is 7.11 Å². The van der Waals surface area contributed by atoms with Gasteiger partial charge in [-0.25, -0.2) is 0 Å². The van der Waals surface area contributed by atoms with Gasteiger partial charge in [0.1, 0.15) is 0 Å². The molecule has 0 spiro atoms. The number of carbonyl (C=O) groups excluding carboxylic acids is 2. The Bertz CT molecular complexity index is 2500. The van der Waals surface area contributed by atoms with Gasteiger partial charge in [-0.1, -0.05) is 98.8 Å². The van der Waals surface area contributed by atoms with Gasteiger partial charge in [0.2, 0.25) is 0 Å². The molecular formula is C59H75N3O8. The number of carbonyl (C=O) groups is 2. The average Bonchev–Trinajstić information content (AvgIpc) is 3.75. The largest absolute Gasteiger partial charge is 0.504 e. The van der Waals surface area contributed by atoms with Crippen molar-refractivity contribution in [1.82, 2.24) is 10.3 Å². The lowest BCUT2D eigenvalue weighted by Crippen LogP contribution is -2.40. The third kappa shape index (κ3) is 13.0. The van der Waals surface area contributed by atoms with E-state index in [1.54, 1.807) is 13.0 Å². The molecule has 0 radical (unpaired) electrons. The van der Waals surface area contributed by atoms with Crippen LogP contribution in [0.1, 0.15) is 129 Å². The van der Waals surface area contributed by atoms with Crippen LogP contribution in [0.3, 0.4) is 0 Å². The molecule has 70 heavy (non-hydrogen) atoms. The Labute approximate surface area is 414 Å². The molecule has 0 bridgehead atoms. The fraction of sp³-hybridized carbons (Fsp3) is 0.492. The highest BCUT2D eigenvalue weighted by atomic mass is 16.5. The molecule has 1 fully saturated rings. The number of hydrogen-bond donors (Lipinski definition) is 8. The normalized spacial score (nSPS) is 24.0. The number of hydrogen-bond acceptors (Lipinski definition) is 10. The highest BCUT2D eigenvalue weighted by Gasteiger charge is 2.43. The minimum atomic E-state index is -1.85. The van der Waals surface area contributed by atoms with Crippen LogP contribution in [-0.2, 0) is 35.3 Å². The maximum Gasteiger partial charge on any atom is 0.173 e. The molecule has 2 aliphatic carbocycles. The molecule has 3 aromatic carbocycles. The number of allylic oxidation sites excluding steroid dienone is 2. The Morgan fingerprint density at radius 3 is 2.33 bits per heavy atom. The van der Waals surface area contributed by atoms with Gasteiger partial charge in [-0.3, -0.25) is 9.59 Å². The summed E-state index contributed by atoms with van der Waals surface area (Å²) in [5, 5.41) is 59.4. The second-order valence-electron chi connectivity index (χ2n) is 20.3. The number of Topliss-reactive ketones (excluding diaryl/α,β-unsaturated/α-hetero) is 2. The van der Waals surface area contributed by atoms with E-state index in [0.29, 0.717) is 82.1 Å². The zero-order chi connectivity index (χ0) is 49.9. The number of methoxy groups -OCH3 is 1. The number of ketones is 2. The van der Waals surface area contributed by atoms with E-state index in [0.717, 1.165) is 45.5 Å². The molecule has 11 nitrogen and oxygen atoms in total. The Hall–Kier alpha value is -5.64. The van der Waals surface area contributed by atoms with Gasteiger partial charge in [0, 0.05) is 48.7 Å². The number of aryl methyl sites for hydroxylation is 2. The molecule has 0 amide bonds. The number of phenols is 1. The second-order valence-corrected chi connectivity index (χ2v) is 20.3. The lowest BCUT2D eigenvalue weighted by Gasteiger charge is -2.33. The van der Waals surface area contributed by atoms with Crippen LogP contribution in [0.5, 0.6) is 11.5 Å². The fourth-order valence-corrected chi connectivity index (χ4v) is 11.4. The Kier molecular flexibility index (Phi) is 18.2. The van der Waals surface area contributed by atoms with Gasteiger partial charge in [0.05, 0.1) is 37.2 Å². The van der Waals surface area contributed by atoms with E-state index in [1.807, 2.05) is 60.8 Å². The zero-order valence-corrected chi connectivity index (χ0v) is 41.4. The molecule has 1 aliphatic heterocycles. The van der Waals surface area contributed by atoms with Crippen LogP contribution in [0.25, 0.3) is 0 Å². The van der Waals surface area contributed by atoms with Crippen LogP contribution >= 0.6 is 0 Å². The van der Waals surface area contributed by atoms with Crippen molar-refractivity contribution in [3.8, 4) is 23.3 Å². The fourth-order valence-electron chi connectivity index (χ4n) is 11.4. The minimum absolute atomic E-state index is 0.0231. The Morgan fingerprint density at radius 1 is 0.886 bits per heavy atom. The monoisotopic (exact) mass is 954 g/mol. The van der Waals surface area contributed by atoms with Gasteiger partial charge in [-0.15, -0.1) is 0 Å². The number of nitrogens with two attached hydrogens (primary N) is 1. The number of aromatic hydroxyl groups is 1. The first kappa shape index (κ1) is 52.2. The van der Waals surface area contributed by atoms with E-state index in [-0.39, 0.29) is 48.0 Å². The predicted octanol–water partition coefficient (Wildman–Crippen LogP) is 8.11. The number of aromatic amines is 1. The minimum Gasteiger partial charge on any atom is -0.504 e. The smallest absolute Gasteiger partial charge is 0.173 e. The molecule has 11 atom stereocenters. The van der Waals surface area contributed by atoms with Gasteiger partial charge in [0.15, 0.2) is 29.2 Å². The number of aromatic nitrogens is 1. The number of fused-ring (bicyclic) bond motifs is 2. The third-order valence-corrected chi connectivity index (χ3v) is 15.4. The van der Waals surface area contributed by atoms with Crippen LogP contribution in [-0.4, -0.2) is 80.2 Å². The van der Waals surface area contributed by atoms with Gasteiger partial charge in [-0.05, 0) is 146 Å². The summed E-state index contributed by atoms with van der Waals surface area (Å²) in [4.78, 5) is 32.6. The quantitative estimate of drug-likeness (QED) is 0.0356. The zero-order valence-electron chi connectivity index (χ0n) is 41.4. The number of phenolic OH excluding ortho intramolecular Hbond substituents is 1. The predicted molar refractivity (Wildman–Crippen MR) is 274 cm³/mol. The summed E-state index contributed by atoms with van der Waals surface area (Å²) in [5.41, 5.74) is 13.6. The van der Waals surface area contributed by atoms with Gasteiger partial charge in [-0.2, -0.15) is 0 Å². The number of nitrogens with one attached hydrogen (secondary N) is 2. The molecule has 1 saturated carbocycles. The molecule has 1 aromatic heterocycles. The lowest BCUT2D eigenvalue weighted by atomic mass is 9.73. The highest BCUT2D eigenvalue weighted by Crippen LogP contribution is 2.46. The molecule has 2 heterocycles. The van der Waals surface area contributed by atoms with Crippen molar-refractivity contribution in [3.63, 3.8) is 0 Å². The summed E-state index contributed by atoms with van der Waals surface area (Å²) in [5.74, 6) is 5.17. The number of aliphatic hydroxyl groups excluding tert-OH is 4. The summed E-state index contributed by atoms with van der Waals surface area (Å²) in [7, 11) is 1.51. The van der Waals surface area contributed by atoms with Crippen LogP contribution in [0, 0.1) is 41.4 Å². The van der Waals surface area contributed by atoms with Crippen molar-refractivity contribution < 1.29 is 39.9 Å². The van der Waals surface area contributed by atoms with E-state index in [4.69, 9.17) is 10.5 Å². The molecule has 4 aromatic rings. The van der Waals surface area contributed by atoms with Gasteiger partial charge in [0.25, 0.3) is 0 Å². The highest BCUT2D eigenvalue weighted by molar-refractivity contribution is 6.06. The van der Waals surface area contributed by atoms with Crippen molar-refractivity contribution in [1.29, 1.82) is 0 Å². The number of benzene rings is 3. The van der Waals surface area contributed by atoms with Gasteiger partial charge >= 0.3 is 0 Å². The van der Waals surface area contributed by atoms with Crippen molar-refractivity contribution in [2.75, 3.05) is 13.7 Å². The molecule has 0 saturated heterocycles. The molecule has 3 aliphatic rings. The first-order valence-electron chi connectivity index (χ1n) is 25.6. The lowest BCUT2D eigenvalue weighted by molar-refractivity contribution is -0.142. The third-order valence-electron chi connectivity index (χ3n) is 15.4.